The standard InChI is InChI=1S/C17H25N3O2S/c1-4-6-16-7-9-17(10-8-16)23(21,22)18-11-5-12-20-15(3)13-14(2)19-20/h7-10,13,18H,4-6,11-12H2,1-3H3. The van der Waals surface area contributed by atoms with E-state index in [1.165, 1.54) is 0 Å². The van der Waals surface area contributed by atoms with Gasteiger partial charge in [0.25, 0.3) is 0 Å². The van der Waals surface area contributed by atoms with Crippen LogP contribution in [0.3, 0.4) is 0 Å². The number of nitrogens with one attached hydrogen (secondary N) is 1. The zero-order valence-corrected chi connectivity index (χ0v) is 14.9. The minimum Gasteiger partial charge on any atom is -0.270 e. The van der Waals surface area contributed by atoms with Crippen molar-refractivity contribution in [1.29, 1.82) is 0 Å². The van der Waals surface area contributed by atoms with Crippen molar-refractivity contribution in [2.75, 3.05) is 6.54 Å². The second-order valence-electron chi connectivity index (χ2n) is 5.80. The Morgan fingerprint density at radius 1 is 1.17 bits per heavy atom. The molecule has 6 heteroatoms. The van der Waals surface area contributed by atoms with E-state index in [1.54, 1.807) is 12.1 Å². The summed E-state index contributed by atoms with van der Waals surface area (Å²) in [5.74, 6) is 0. The van der Waals surface area contributed by atoms with Crippen LogP contribution in [0, 0.1) is 13.8 Å². The Morgan fingerprint density at radius 2 is 1.87 bits per heavy atom. The molecule has 5 nitrogen and oxygen atoms in total. The molecule has 1 heterocycles. The van der Waals surface area contributed by atoms with Crippen LogP contribution in [-0.2, 0) is 23.0 Å². The average Bonchev–Trinajstić information content (AvgIpc) is 2.82. The third-order valence-electron chi connectivity index (χ3n) is 3.71. The number of hydrogen-bond donors (Lipinski definition) is 1. The average molecular weight is 335 g/mol. The summed E-state index contributed by atoms with van der Waals surface area (Å²) in [5.41, 5.74) is 3.24. The molecule has 2 aromatic rings. The maximum absolute atomic E-state index is 12.3. The van der Waals surface area contributed by atoms with Crippen LogP contribution in [-0.4, -0.2) is 24.7 Å². The van der Waals surface area contributed by atoms with E-state index in [1.807, 2.05) is 36.7 Å². The molecule has 0 bridgehead atoms. The van der Waals surface area contributed by atoms with Crippen LogP contribution in [0.1, 0.15) is 36.7 Å². The Hall–Kier alpha value is -1.66. The summed E-state index contributed by atoms with van der Waals surface area (Å²) in [6, 6.07) is 9.13. The van der Waals surface area contributed by atoms with E-state index < -0.39 is 10.0 Å². The highest BCUT2D eigenvalue weighted by Gasteiger charge is 2.13. The third kappa shape index (κ3) is 4.91. The molecule has 0 fully saturated rings. The van der Waals surface area contributed by atoms with Gasteiger partial charge in [0, 0.05) is 18.8 Å². The summed E-state index contributed by atoms with van der Waals surface area (Å²) in [7, 11) is -3.43. The molecule has 0 radical (unpaired) electrons. The highest BCUT2D eigenvalue weighted by atomic mass is 32.2. The number of benzene rings is 1. The van der Waals surface area contributed by atoms with Gasteiger partial charge in [0.05, 0.1) is 10.6 Å². The highest BCUT2D eigenvalue weighted by Crippen LogP contribution is 2.12. The van der Waals surface area contributed by atoms with Crippen LogP contribution in [0.25, 0.3) is 0 Å². The van der Waals surface area contributed by atoms with Crippen molar-refractivity contribution in [3.8, 4) is 0 Å². The Kier molecular flexibility index (Phi) is 5.96. The number of sulfonamides is 1. The Bertz CT molecular complexity index is 734. The second-order valence-corrected chi connectivity index (χ2v) is 7.56. The fourth-order valence-electron chi connectivity index (χ4n) is 2.54. The number of nitrogens with zero attached hydrogens (tertiary/aromatic N) is 2. The summed E-state index contributed by atoms with van der Waals surface area (Å²) in [6.07, 6.45) is 2.72. The summed E-state index contributed by atoms with van der Waals surface area (Å²) >= 11 is 0. The number of aryl methyl sites for hydroxylation is 4. The second kappa shape index (κ2) is 7.75. The molecule has 0 aliphatic carbocycles. The van der Waals surface area contributed by atoms with Gasteiger partial charge in [-0.1, -0.05) is 25.5 Å². The van der Waals surface area contributed by atoms with Crippen molar-refractivity contribution in [3.63, 3.8) is 0 Å². The molecule has 0 saturated carbocycles. The summed E-state index contributed by atoms with van der Waals surface area (Å²) in [6.45, 7) is 7.17. The first-order valence-electron chi connectivity index (χ1n) is 8.02. The molecule has 1 aromatic heterocycles. The lowest BCUT2D eigenvalue weighted by Crippen LogP contribution is -2.25. The van der Waals surface area contributed by atoms with E-state index in [2.05, 4.69) is 16.7 Å². The van der Waals surface area contributed by atoms with Crippen LogP contribution in [0.2, 0.25) is 0 Å². The lowest BCUT2D eigenvalue weighted by molar-refractivity contribution is 0.544. The largest absolute Gasteiger partial charge is 0.270 e. The molecule has 0 atom stereocenters. The van der Waals surface area contributed by atoms with Gasteiger partial charge < -0.3 is 0 Å². The van der Waals surface area contributed by atoms with Crippen LogP contribution < -0.4 is 4.72 Å². The topological polar surface area (TPSA) is 64.0 Å². The van der Waals surface area contributed by atoms with E-state index in [4.69, 9.17) is 0 Å². The van der Waals surface area contributed by atoms with Crippen LogP contribution in [0.4, 0.5) is 0 Å². The lowest BCUT2D eigenvalue weighted by Gasteiger charge is -2.08. The molecular formula is C17H25N3O2S. The predicted molar refractivity (Wildman–Crippen MR) is 91.9 cm³/mol. The maximum Gasteiger partial charge on any atom is 0.240 e. The van der Waals surface area contributed by atoms with Gasteiger partial charge in [-0.05, 0) is 50.5 Å². The molecule has 0 aliphatic heterocycles. The van der Waals surface area contributed by atoms with Crippen molar-refractivity contribution in [1.82, 2.24) is 14.5 Å². The molecule has 0 amide bonds. The summed E-state index contributed by atoms with van der Waals surface area (Å²) in [4.78, 5) is 0.323. The molecule has 23 heavy (non-hydrogen) atoms. The number of hydrogen-bond acceptors (Lipinski definition) is 3. The van der Waals surface area contributed by atoms with E-state index in [0.717, 1.165) is 29.8 Å². The summed E-state index contributed by atoms with van der Waals surface area (Å²) < 4.78 is 29.1. The molecule has 1 N–H and O–H groups in total. The quantitative estimate of drug-likeness (QED) is 0.755. The van der Waals surface area contributed by atoms with Gasteiger partial charge >= 0.3 is 0 Å². The van der Waals surface area contributed by atoms with Crippen molar-refractivity contribution in [2.24, 2.45) is 0 Å². The normalized spacial score (nSPS) is 11.8. The Balaban J connectivity index is 1.87. The van der Waals surface area contributed by atoms with Crippen molar-refractivity contribution in [2.45, 2.75) is 51.5 Å². The molecular weight excluding hydrogens is 310 g/mol. The van der Waals surface area contributed by atoms with Crippen LogP contribution >= 0.6 is 0 Å². The Labute approximate surface area is 138 Å². The van der Waals surface area contributed by atoms with E-state index in [0.29, 0.717) is 24.4 Å². The first-order valence-corrected chi connectivity index (χ1v) is 9.50. The van der Waals surface area contributed by atoms with Crippen molar-refractivity contribution < 1.29 is 8.42 Å². The predicted octanol–water partition coefficient (Wildman–Crippen LogP) is 2.82. The van der Waals surface area contributed by atoms with Gasteiger partial charge in [-0.15, -0.1) is 0 Å². The highest BCUT2D eigenvalue weighted by molar-refractivity contribution is 7.89. The van der Waals surface area contributed by atoms with Gasteiger partial charge in [0.1, 0.15) is 0 Å². The van der Waals surface area contributed by atoms with Crippen LogP contribution in [0.5, 0.6) is 0 Å². The van der Waals surface area contributed by atoms with E-state index >= 15 is 0 Å². The minimum absolute atomic E-state index is 0.323. The van der Waals surface area contributed by atoms with E-state index in [-0.39, 0.29) is 0 Å². The van der Waals surface area contributed by atoms with Gasteiger partial charge in [-0.2, -0.15) is 5.10 Å². The number of aromatic nitrogens is 2. The molecule has 0 spiro atoms. The van der Waals surface area contributed by atoms with Gasteiger partial charge in [-0.3, -0.25) is 4.68 Å². The molecule has 1 aromatic carbocycles. The molecule has 2 rings (SSSR count). The fourth-order valence-corrected chi connectivity index (χ4v) is 3.62. The van der Waals surface area contributed by atoms with Gasteiger partial charge in [0.2, 0.25) is 10.0 Å². The molecule has 126 valence electrons. The van der Waals surface area contributed by atoms with Crippen molar-refractivity contribution >= 4 is 10.0 Å². The SMILES string of the molecule is CCCc1ccc(S(=O)(=O)NCCCn2nc(C)cc2C)cc1. The first-order chi connectivity index (χ1) is 10.9. The zero-order chi connectivity index (χ0) is 16.9. The molecule has 0 aliphatic rings. The lowest BCUT2D eigenvalue weighted by atomic mass is 10.1. The monoisotopic (exact) mass is 335 g/mol. The van der Waals surface area contributed by atoms with Crippen LogP contribution in [0.15, 0.2) is 35.2 Å². The first kappa shape index (κ1) is 17.7. The zero-order valence-electron chi connectivity index (χ0n) is 14.0. The van der Waals surface area contributed by atoms with Crippen molar-refractivity contribution in [3.05, 3.63) is 47.3 Å². The molecule has 0 saturated heterocycles. The van der Waals surface area contributed by atoms with Gasteiger partial charge in [-0.25, -0.2) is 13.1 Å². The number of rotatable bonds is 8. The van der Waals surface area contributed by atoms with E-state index in [9.17, 15) is 8.42 Å². The third-order valence-corrected chi connectivity index (χ3v) is 5.19. The molecule has 0 unspecified atom stereocenters. The fraction of sp³-hybridized carbons (Fsp3) is 0.471. The Morgan fingerprint density at radius 3 is 2.43 bits per heavy atom. The summed E-state index contributed by atoms with van der Waals surface area (Å²) in [5, 5.41) is 4.37. The maximum atomic E-state index is 12.3. The minimum atomic E-state index is -3.43. The smallest absolute Gasteiger partial charge is 0.240 e. The van der Waals surface area contributed by atoms with Gasteiger partial charge in [0.15, 0.2) is 0 Å².